The molecular weight excluding hydrogens is 218 g/mol. The number of hydrogen-bond acceptors (Lipinski definition) is 4. The average Bonchev–Trinajstić information content (AvgIpc) is 2.71. The smallest absolute Gasteiger partial charge is 0.321 e. The number of carbonyl (C=O) groups is 1. The first-order chi connectivity index (χ1) is 6.68. The molecule has 2 N–H and O–H groups in total. The number of aliphatic carboxylic acids is 1. The van der Waals surface area contributed by atoms with Crippen LogP contribution in [0.15, 0.2) is 11.4 Å². The summed E-state index contributed by atoms with van der Waals surface area (Å²) in [6.07, 6.45) is 0. The van der Waals surface area contributed by atoms with Gasteiger partial charge >= 0.3 is 5.97 Å². The number of thiophene rings is 1. The summed E-state index contributed by atoms with van der Waals surface area (Å²) in [7, 11) is 0. The molecule has 14 heavy (non-hydrogen) atoms. The van der Waals surface area contributed by atoms with Crippen molar-refractivity contribution < 1.29 is 9.90 Å². The van der Waals surface area contributed by atoms with Gasteiger partial charge in [0.2, 0.25) is 0 Å². The quantitative estimate of drug-likeness (QED) is 0.812. The topological polar surface area (TPSA) is 49.3 Å². The van der Waals surface area contributed by atoms with Gasteiger partial charge in [-0.15, -0.1) is 23.1 Å². The van der Waals surface area contributed by atoms with E-state index in [1.54, 1.807) is 23.1 Å². The van der Waals surface area contributed by atoms with Crippen molar-refractivity contribution in [1.29, 1.82) is 0 Å². The third kappa shape index (κ3) is 1.80. The molecule has 0 radical (unpaired) electrons. The molecule has 0 aliphatic carbocycles. The molecule has 2 rings (SSSR count). The highest BCUT2D eigenvalue weighted by atomic mass is 32.2. The molecule has 0 amide bonds. The molecule has 0 saturated carbocycles. The van der Waals surface area contributed by atoms with Crippen LogP contribution in [-0.2, 0) is 4.79 Å². The molecule has 1 saturated heterocycles. The van der Waals surface area contributed by atoms with Crippen LogP contribution in [-0.4, -0.2) is 22.9 Å². The lowest BCUT2D eigenvalue weighted by Gasteiger charge is -2.10. The van der Waals surface area contributed by atoms with Crippen molar-refractivity contribution in [1.82, 2.24) is 5.32 Å². The van der Waals surface area contributed by atoms with Crippen LogP contribution in [0.25, 0.3) is 0 Å². The lowest BCUT2D eigenvalue weighted by molar-refractivity contribution is -0.138. The molecular formula is C9H11NO2S2. The van der Waals surface area contributed by atoms with Crippen molar-refractivity contribution in [2.24, 2.45) is 0 Å². The predicted molar refractivity (Wildman–Crippen MR) is 58.8 cm³/mol. The zero-order valence-corrected chi connectivity index (χ0v) is 9.32. The molecule has 1 aliphatic heterocycles. The molecule has 1 unspecified atom stereocenters. The summed E-state index contributed by atoms with van der Waals surface area (Å²) in [5, 5.41) is 14.1. The normalized spacial score (nSPS) is 26.6. The van der Waals surface area contributed by atoms with Crippen molar-refractivity contribution in [2.45, 2.75) is 18.3 Å². The number of thioether (sulfide) groups is 1. The molecule has 5 heteroatoms. The van der Waals surface area contributed by atoms with E-state index in [0.29, 0.717) is 5.75 Å². The molecule has 0 bridgehead atoms. The van der Waals surface area contributed by atoms with Crippen LogP contribution in [0, 0.1) is 6.92 Å². The SMILES string of the molecule is Cc1sccc1C1N[C@H](C(=O)O)CS1. The van der Waals surface area contributed by atoms with Crippen molar-refractivity contribution in [2.75, 3.05) is 5.75 Å². The number of hydrogen-bond donors (Lipinski definition) is 2. The third-order valence-corrected chi connectivity index (χ3v) is 4.37. The second-order valence-electron chi connectivity index (χ2n) is 3.20. The third-order valence-electron chi connectivity index (χ3n) is 2.26. The predicted octanol–water partition coefficient (Wildman–Crippen LogP) is 1.84. The fraction of sp³-hybridized carbons (Fsp3) is 0.444. The second kappa shape index (κ2) is 3.92. The summed E-state index contributed by atoms with van der Waals surface area (Å²) in [6, 6.07) is 1.67. The molecule has 76 valence electrons. The van der Waals surface area contributed by atoms with Crippen molar-refractivity contribution >= 4 is 29.1 Å². The van der Waals surface area contributed by atoms with Crippen LogP contribution >= 0.6 is 23.1 Å². The summed E-state index contributed by atoms with van der Waals surface area (Å²) >= 11 is 3.37. The molecule has 0 spiro atoms. The van der Waals surface area contributed by atoms with E-state index in [0.717, 1.165) is 0 Å². The Labute approximate surface area is 90.5 Å². The van der Waals surface area contributed by atoms with Gasteiger partial charge in [-0.05, 0) is 23.9 Å². The maximum absolute atomic E-state index is 10.7. The van der Waals surface area contributed by atoms with Crippen LogP contribution in [0.3, 0.4) is 0 Å². The fourth-order valence-electron chi connectivity index (χ4n) is 1.46. The Morgan fingerprint density at radius 2 is 2.50 bits per heavy atom. The molecule has 1 aromatic heterocycles. The first-order valence-corrected chi connectivity index (χ1v) is 6.26. The number of rotatable bonds is 2. The lowest BCUT2D eigenvalue weighted by Crippen LogP contribution is -2.33. The van der Waals surface area contributed by atoms with Crippen molar-refractivity contribution in [3.8, 4) is 0 Å². The molecule has 2 heterocycles. The van der Waals surface area contributed by atoms with Gasteiger partial charge in [-0.2, -0.15) is 0 Å². The average molecular weight is 229 g/mol. The van der Waals surface area contributed by atoms with Gasteiger partial charge in [0.1, 0.15) is 6.04 Å². The number of nitrogens with one attached hydrogen (secondary N) is 1. The minimum atomic E-state index is -0.757. The number of aryl methyl sites for hydroxylation is 1. The molecule has 3 nitrogen and oxygen atoms in total. The van der Waals surface area contributed by atoms with Crippen molar-refractivity contribution in [3.63, 3.8) is 0 Å². The van der Waals surface area contributed by atoms with Crippen LogP contribution in [0.4, 0.5) is 0 Å². The maximum Gasteiger partial charge on any atom is 0.321 e. The minimum Gasteiger partial charge on any atom is -0.480 e. The largest absolute Gasteiger partial charge is 0.480 e. The second-order valence-corrected chi connectivity index (χ2v) is 5.46. The van der Waals surface area contributed by atoms with E-state index < -0.39 is 12.0 Å². The van der Waals surface area contributed by atoms with Gasteiger partial charge in [0.15, 0.2) is 0 Å². The van der Waals surface area contributed by atoms with Crippen LogP contribution in [0.1, 0.15) is 15.8 Å². The van der Waals surface area contributed by atoms with Gasteiger partial charge in [-0.1, -0.05) is 0 Å². The Bertz CT molecular complexity index is 350. The van der Waals surface area contributed by atoms with Gasteiger partial charge in [0.25, 0.3) is 0 Å². The summed E-state index contributed by atoms with van der Waals surface area (Å²) in [6.45, 7) is 2.07. The summed E-state index contributed by atoms with van der Waals surface area (Å²) in [5.41, 5.74) is 1.23. The van der Waals surface area contributed by atoms with Gasteiger partial charge in [-0.3, -0.25) is 10.1 Å². The summed E-state index contributed by atoms with van der Waals surface area (Å²) < 4.78 is 0. The highest BCUT2D eigenvalue weighted by molar-refractivity contribution is 7.99. The fourth-order valence-corrected chi connectivity index (χ4v) is 3.59. The molecule has 0 aromatic carbocycles. The monoisotopic (exact) mass is 229 g/mol. The Balaban J connectivity index is 2.10. The maximum atomic E-state index is 10.7. The van der Waals surface area contributed by atoms with E-state index in [2.05, 4.69) is 18.3 Å². The van der Waals surface area contributed by atoms with Crippen LogP contribution in [0.2, 0.25) is 0 Å². The standard InChI is InChI=1S/C9H11NO2S2/c1-5-6(2-3-13-5)8-10-7(4-14-8)9(11)12/h2-3,7-8,10H,4H2,1H3,(H,11,12)/t7-,8?/m0/s1. The van der Waals surface area contributed by atoms with Gasteiger partial charge in [0.05, 0.1) is 5.37 Å². The van der Waals surface area contributed by atoms with E-state index in [9.17, 15) is 4.79 Å². The zero-order chi connectivity index (χ0) is 10.1. The molecule has 1 fully saturated rings. The highest BCUT2D eigenvalue weighted by Crippen LogP contribution is 2.36. The van der Waals surface area contributed by atoms with Gasteiger partial charge in [0, 0.05) is 10.6 Å². The minimum absolute atomic E-state index is 0.155. The Morgan fingerprint density at radius 3 is 3.00 bits per heavy atom. The van der Waals surface area contributed by atoms with Gasteiger partial charge in [-0.25, -0.2) is 0 Å². The van der Waals surface area contributed by atoms with E-state index in [-0.39, 0.29) is 5.37 Å². The van der Waals surface area contributed by atoms with Crippen LogP contribution in [0.5, 0.6) is 0 Å². The summed E-state index contributed by atoms with van der Waals surface area (Å²) in [5.74, 6) is -0.108. The number of carboxylic acid groups (broad SMARTS) is 1. The Kier molecular flexibility index (Phi) is 2.80. The lowest BCUT2D eigenvalue weighted by atomic mass is 10.2. The van der Waals surface area contributed by atoms with E-state index in [4.69, 9.17) is 5.11 Å². The first-order valence-electron chi connectivity index (χ1n) is 4.33. The van der Waals surface area contributed by atoms with E-state index in [1.165, 1.54) is 10.4 Å². The van der Waals surface area contributed by atoms with Crippen molar-refractivity contribution in [3.05, 3.63) is 21.9 Å². The molecule has 1 aliphatic rings. The Hall–Kier alpha value is -0.520. The zero-order valence-electron chi connectivity index (χ0n) is 7.69. The van der Waals surface area contributed by atoms with Gasteiger partial charge < -0.3 is 5.11 Å². The first kappa shape index (κ1) is 10.0. The van der Waals surface area contributed by atoms with E-state index >= 15 is 0 Å². The van der Waals surface area contributed by atoms with Crippen LogP contribution < -0.4 is 5.32 Å². The summed E-state index contributed by atoms with van der Waals surface area (Å²) in [4.78, 5) is 12.0. The molecule has 2 atom stereocenters. The Morgan fingerprint density at radius 1 is 1.71 bits per heavy atom. The van der Waals surface area contributed by atoms with E-state index in [1.807, 2.05) is 5.38 Å². The highest BCUT2D eigenvalue weighted by Gasteiger charge is 2.31. The molecule has 1 aromatic rings. The number of carboxylic acids is 1.